The van der Waals surface area contributed by atoms with Gasteiger partial charge in [0.2, 0.25) is 0 Å². The highest BCUT2D eigenvalue weighted by atomic mass is 16.5. The zero-order valence-corrected chi connectivity index (χ0v) is 9.58. The fourth-order valence-corrected chi connectivity index (χ4v) is 1.77. The van der Waals surface area contributed by atoms with E-state index in [0.29, 0.717) is 5.75 Å². The Morgan fingerprint density at radius 3 is 3.06 bits per heavy atom. The molecule has 2 rings (SSSR count). The van der Waals surface area contributed by atoms with Crippen LogP contribution in [0.3, 0.4) is 0 Å². The van der Waals surface area contributed by atoms with Gasteiger partial charge in [-0.25, -0.2) is 0 Å². The molecule has 1 heterocycles. The minimum absolute atomic E-state index is 0.373. The number of hydrogen-bond donors (Lipinski definition) is 1. The zero-order valence-electron chi connectivity index (χ0n) is 12.6. The molecule has 1 N–H and O–H groups in total. The molecule has 0 atom stereocenters. The maximum atomic E-state index is 7.13. The van der Waals surface area contributed by atoms with Crippen LogP contribution in [0.25, 0.3) is 10.9 Å². The highest BCUT2D eigenvalue weighted by Gasteiger charge is 2.05. The van der Waals surface area contributed by atoms with E-state index < -0.39 is 7.04 Å². The van der Waals surface area contributed by atoms with Crippen molar-refractivity contribution in [1.82, 2.24) is 9.88 Å². The molecule has 2 aromatic rings. The van der Waals surface area contributed by atoms with Crippen LogP contribution >= 0.6 is 0 Å². The van der Waals surface area contributed by atoms with Crippen molar-refractivity contribution in [3.8, 4) is 5.75 Å². The molecule has 0 aliphatic carbocycles. The number of H-pyrrole nitrogens is 1. The summed E-state index contributed by atoms with van der Waals surface area (Å²) in [4.78, 5) is 5.30. The molecule has 0 unspecified atom stereocenters. The molecule has 0 aliphatic rings. The lowest BCUT2D eigenvalue weighted by Crippen LogP contribution is -2.14. The molecule has 86 valence electrons. The summed E-state index contributed by atoms with van der Waals surface area (Å²) >= 11 is 0. The first-order valence-electron chi connectivity index (χ1n) is 6.79. The van der Waals surface area contributed by atoms with Crippen molar-refractivity contribution in [2.75, 3.05) is 27.7 Å². The molecular formula is C13H18N2O. The fraction of sp³-hybridized carbons (Fsp3) is 0.385. The van der Waals surface area contributed by atoms with E-state index in [9.17, 15) is 0 Å². The third-order valence-corrected chi connectivity index (χ3v) is 2.69. The van der Waals surface area contributed by atoms with Crippen LogP contribution < -0.4 is 4.74 Å². The zero-order chi connectivity index (χ0) is 14.0. The highest BCUT2D eigenvalue weighted by Crippen LogP contribution is 2.23. The van der Waals surface area contributed by atoms with E-state index in [1.54, 1.807) is 12.1 Å². The predicted octanol–water partition coefficient (Wildman–Crippen LogP) is 2.28. The Morgan fingerprint density at radius 2 is 2.31 bits per heavy atom. The Balaban J connectivity index is 2.26. The van der Waals surface area contributed by atoms with Crippen LogP contribution in [0.1, 0.15) is 9.68 Å². The number of fused-ring (bicyclic) bond motifs is 1. The van der Waals surface area contributed by atoms with Crippen molar-refractivity contribution in [2.24, 2.45) is 0 Å². The van der Waals surface area contributed by atoms with Gasteiger partial charge in [0.05, 0.1) is 11.2 Å². The summed E-state index contributed by atoms with van der Waals surface area (Å²) < 4.78 is 26.3. The number of nitrogens with zero attached hydrogens (tertiary/aromatic N) is 1. The molecule has 0 bridgehead atoms. The van der Waals surface area contributed by atoms with E-state index in [2.05, 4.69) is 9.88 Å². The topological polar surface area (TPSA) is 28.3 Å². The molecule has 3 heteroatoms. The number of rotatable bonds is 4. The Labute approximate surface area is 100 Å². The van der Waals surface area contributed by atoms with Gasteiger partial charge in [0.1, 0.15) is 5.75 Å². The lowest BCUT2D eigenvalue weighted by atomic mass is 10.1. The molecule has 1 aromatic carbocycles. The summed E-state index contributed by atoms with van der Waals surface area (Å²) in [5.74, 6) is 0.373. The minimum Gasteiger partial charge on any atom is -0.497 e. The van der Waals surface area contributed by atoms with Gasteiger partial charge < -0.3 is 14.6 Å². The second-order valence-corrected chi connectivity index (χ2v) is 4.18. The average Bonchev–Trinajstić information content (AvgIpc) is 2.66. The van der Waals surface area contributed by atoms with Gasteiger partial charge in [-0.1, -0.05) is 0 Å². The minimum atomic E-state index is -2.41. The summed E-state index contributed by atoms with van der Waals surface area (Å²) in [6, 6.07) is 5.29. The van der Waals surface area contributed by atoms with Crippen LogP contribution in [0.4, 0.5) is 0 Å². The molecule has 0 radical (unpaired) electrons. The molecule has 1 aromatic heterocycles. The van der Waals surface area contributed by atoms with E-state index in [-0.39, 0.29) is 0 Å². The van der Waals surface area contributed by atoms with Crippen LogP contribution in [-0.4, -0.2) is 37.6 Å². The Morgan fingerprint density at radius 1 is 1.44 bits per heavy atom. The largest absolute Gasteiger partial charge is 0.497 e. The normalized spacial score (nSPS) is 14.8. The summed E-state index contributed by atoms with van der Waals surface area (Å²) in [7, 11) is 1.64. The number of benzene rings is 1. The second kappa shape index (κ2) is 4.58. The van der Waals surface area contributed by atoms with Crippen LogP contribution in [0.2, 0.25) is 0 Å². The van der Waals surface area contributed by atoms with Crippen molar-refractivity contribution in [1.29, 1.82) is 0 Å². The summed E-state index contributed by atoms with van der Waals surface area (Å²) in [6.45, 7) is 0.942. The number of likely N-dealkylation sites (N-methyl/N-ethyl adjacent to an activating group) is 1. The summed E-state index contributed by atoms with van der Waals surface area (Å²) in [6.07, 6.45) is 2.87. The quantitative estimate of drug-likeness (QED) is 0.858. The molecule has 0 spiro atoms. The third kappa shape index (κ3) is 2.19. The SMILES string of the molecule is [2H]C([2H])([2H])Oc1ccc2[nH]cc(CCN(C)C)c2c1. The van der Waals surface area contributed by atoms with Gasteiger partial charge in [0.15, 0.2) is 0 Å². The Kier molecular flexibility index (Phi) is 2.21. The Bertz CT molecular complexity index is 561. The van der Waals surface area contributed by atoms with Crippen LogP contribution in [-0.2, 0) is 6.42 Å². The van der Waals surface area contributed by atoms with Crippen molar-refractivity contribution >= 4 is 10.9 Å². The highest BCUT2D eigenvalue weighted by molar-refractivity contribution is 5.84. The van der Waals surface area contributed by atoms with E-state index >= 15 is 0 Å². The predicted molar refractivity (Wildman–Crippen MR) is 67.1 cm³/mol. The monoisotopic (exact) mass is 221 g/mol. The fourth-order valence-electron chi connectivity index (χ4n) is 1.77. The molecule has 0 saturated heterocycles. The average molecular weight is 221 g/mol. The molecule has 0 amide bonds. The van der Waals surface area contributed by atoms with Gasteiger partial charge in [-0.15, -0.1) is 0 Å². The molecule has 3 nitrogen and oxygen atoms in total. The van der Waals surface area contributed by atoms with E-state index in [0.717, 1.165) is 23.9 Å². The number of methoxy groups -OCH3 is 1. The summed E-state index contributed by atoms with van der Waals surface area (Å²) in [5.41, 5.74) is 2.16. The van der Waals surface area contributed by atoms with Gasteiger partial charge in [-0.2, -0.15) is 0 Å². The van der Waals surface area contributed by atoms with Crippen LogP contribution in [0.15, 0.2) is 24.4 Å². The first-order valence-corrected chi connectivity index (χ1v) is 5.29. The van der Waals surface area contributed by atoms with Crippen molar-refractivity contribution in [3.63, 3.8) is 0 Å². The van der Waals surface area contributed by atoms with Gasteiger partial charge >= 0.3 is 0 Å². The van der Waals surface area contributed by atoms with E-state index in [1.165, 1.54) is 5.56 Å². The lowest BCUT2D eigenvalue weighted by Gasteiger charge is -2.08. The van der Waals surface area contributed by atoms with Crippen molar-refractivity contribution < 1.29 is 8.85 Å². The third-order valence-electron chi connectivity index (χ3n) is 2.69. The number of aromatic amines is 1. The van der Waals surface area contributed by atoms with Crippen LogP contribution in [0, 0.1) is 0 Å². The maximum Gasteiger partial charge on any atom is 0.119 e. The van der Waals surface area contributed by atoms with E-state index in [4.69, 9.17) is 8.85 Å². The van der Waals surface area contributed by atoms with Crippen molar-refractivity contribution in [3.05, 3.63) is 30.0 Å². The second-order valence-electron chi connectivity index (χ2n) is 4.18. The molecule has 16 heavy (non-hydrogen) atoms. The molecule has 0 saturated carbocycles. The molecular weight excluding hydrogens is 200 g/mol. The Hall–Kier alpha value is -1.48. The van der Waals surface area contributed by atoms with Gasteiger partial charge in [-0.3, -0.25) is 0 Å². The number of nitrogens with one attached hydrogen (secondary N) is 1. The molecule has 0 aliphatic heterocycles. The lowest BCUT2D eigenvalue weighted by molar-refractivity contribution is 0.413. The van der Waals surface area contributed by atoms with Crippen LogP contribution in [0.5, 0.6) is 5.75 Å². The van der Waals surface area contributed by atoms with Gasteiger partial charge in [0.25, 0.3) is 0 Å². The first kappa shape index (κ1) is 7.74. The number of ether oxygens (including phenoxy) is 1. The number of hydrogen-bond acceptors (Lipinski definition) is 2. The van der Waals surface area contributed by atoms with Gasteiger partial charge in [0, 0.05) is 23.6 Å². The molecule has 0 fully saturated rings. The first-order chi connectivity index (χ1) is 8.85. The standard InChI is InChI=1S/C13H18N2O/c1-15(2)7-6-10-9-14-13-5-4-11(16-3)8-12(10)13/h4-5,8-9,14H,6-7H2,1-3H3/i3D3. The smallest absolute Gasteiger partial charge is 0.119 e. The summed E-state index contributed by atoms with van der Waals surface area (Å²) in [5, 5.41) is 1.02. The maximum absolute atomic E-state index is 7.13. The van der Waals surface area contributed by atoms with Crippen molar-refractivity contribution in [2.45, 2.75) is 6.42 Å². The number of aromatic nitrogens is 1. The van der Waals surface area contributed by atoms with E-state index in [1.807, 2.05) is 26.4 Å². The van der Waals surface area contributed by atoms with Gasteiger partial charge in [-0.05, 0) is 44.3 Å².